The van der Waals surface area contributed by atoms with E-state index in [9.17, 15) is 0 Å². The van der Waals surface area contributed by atoms with Crippen LogP contribution in [0.3, 0.4) is 0 Å². The highest BCUT2D eigenvalue weighted by Gasteiger charge is 2.10. The van der Waals surface area contributed by atoms with Gasteiger partial charge in [0.25, 0.3) is 0 Å². The number of hydrogen-bond donors (Lipinski definition) is 1. The average molecular weight is 198 g/mol. The Labute approximate surface area is 84.7 Å². The van der Waals surface area contributed by atoms with Crippen molar-refractivity contribution < 1.29 is 0 Å². The minimum atomic E-state index is 0.544. The van der Waals surface area contributed by atoms with Crippen molar-refractivity contribution >= 4 is 18.0 Å². The third-order valence-electron chi connectivity index (χ3n) is 2.26. The van der Waals surface area contributed by atoms with Crippen molar-refractivity contribution in [3.8, 4) is 0 Å². The SMILES string of the molecule is CC/C(C=NC1CCSCC1)=C/N. The van der Waals surface area contributed by atoms with Crippen molar-refractivity contribution in [1.29, 1.82) is 0 Å². The number of thioether (sulfide) groups is 1. The lowest BCUT2D eigenvalue weighted by molar-refractivity contribution is 0.630. The molecule has 1 aliphatic rings. The summed E-state index contributed by atoms with van der Waals surface area (Å²) in [5.41, 5.74) is 6.58. The second-order valence-corrected chi connectivity index (χ2v) is 4.44. The molecule has 0 bridgehead atoms. The molecule has 13 heavy (non-hydrogen) atoms. The minimum absolute atomic E-state index is 0.544. The number of hydrogen-bond acceptors (Lipinski definition) is 3. The van der Waals surface area contributed by atoms with E-state index in [1.807, 2.05) is 18.0 Å². The summed E-state index contributed by atoms with van der Waals surface area (Å²) in [5.74, 6) is 2.52. The van der Waals surface area contributed by atoms with E-state index < -0.39 is 0 Å². The van der Waals surface area contributed by atoms with Gasteiger partial charge in [-0.15, -0.1) is 0 Å². The zero-order valence-electron chi connectivity index (χ0n) is 8.20. The fourth-order valence-electron chi connectivity index (χ4n) is 1.29. The first-order valence-electron chi connectivity index (χ1n) is 4.88. The van der Waals surface area contributed by atoms with Crippen molar-refractivity contribution in [2.24, 2.45) is 10.7 Å². The molecule has 2 nitrogen and oxygen atoms in total. The number of allylic oxidation sites excluding steroid dienone is 1. The van der Waals surface area contributed by atoms with Gasteiger partial charge in [-0.3, -0.25) is 4.99 Å². The summed E-state index contributed by atoms with van der Waals surface area (Å²) in [6.45, 7) is 2.10. The largest absolute Gasteiger partial charge is 0.404 e. The van der Waals surface area contributed by atoms with Gasteiger partial charge in [0.05, 0.1) is 6.04 Å². The van der Waals surface area contributed by atoms with E-state index in [1.54, 1.807) is 6.20 Å². The van der Waals surface area contributed by atoms with Gasteiger partial charge in [-0.25, -0.2) is 0 Å². The molecule has 74 valence electrons. The minimum Gasteiger partial charge on any atom is -0.404 e. The summed E-state index contributed by atoms with van der Waals surface area (Å²) in [6.07, 6.45) is 7.02. The van der Waals surface area contributed by atoms with Crippen LogP contribution in [0.5, 0.6) is 0 Å². The van der Waals surface area contributed by atoms with E-state index in [0.29, 0.717) is 6.04 Å². The van der Waals surface area contributed by atoms with Crippen LogP contribution in [0, 0.1) is 0 Å². The van der Waals surface area contributed by atoms with E-state index in [2.05, 4.69) is 11.9 Å². The van der Waals surface area contributed by atoms with E-state index in [0.717, 1.165) is 12.0 Å². The Kier molecular flexibility index (Phi) is 4.98. The fourth-order valence-corrected chi connectivity index (χ4v) is 2.37. The molecular formula is C10H18N2S. The molecule has 0 aromatic heterocycles. The molecule has 0 spiro atoms. The second-order valence-electron chi connectivity index (χ2n) is 3.22. The zero-order valence-corrected chi connectivity index (χ0v) is 9.02. The van der Waals surface area contributed by atoms with Crippen molar-refractivity contribution in [2.75, 3.05) is 11.5 Å². The van der Waals surface area contributed by atoms with Crippen LogP contribution in [0.4, 0.5) is 0 Å². The van der Waals surface area contributed by atoms with Crippen molar-refractivity contribution in [1.82, 2.24) is 0 Å². The first-order chi connectivity index (χ1) is 6.36. The van der Waals surface area contributed by atoms with Gasteiger partial charge in [-0.05, 0) is 42.5 Å². The van der Waals surface area contributed by atoms with Gasteiger partial charge in [0.1, 0.15) is 0 Å². The Balaban J connectivity index is 2.36. The maximum atomic E-state index is 5.44. The number of nitrogens with zero attached hydrogens (tertiary/aromatic N) is 1. The molecule has 1 rings (SSSR count). The Morgan fingerprint density at radius 1 is 1.54 bits per heavy atom. The molecule has 1 aliphatic heterocycles. The highest BCUT2D eigenvalue weighted by molar-refractivity contribution is 7.99. The van der Waals surface area contributed by atoms with Gasteiger partial charge >= 0.3 is 0 Å². The van der Waals surface area contributed by atoms with Crippen LogP contribution in [-0.2, 0) is 0 Å². The summed E-state index contributed by atoms with van der Waals surface area (Å²) in [7, 11) is 0. The Bertz CT molecular complexity index is 193. The molecule has 0 aliphatic carbocycles. The van der Waals surface area contributed by atoms with Crippen LogP contribution in [-0.4, -0.2) is 23.8 Å². The Morgan fingerprint density at radius 2 is 2.23 bits per heavy atom. The van der Waals surface area contributed by atoms with Gasteiger partial charge in [0.2, 0.25) is 0 Å². The maximum absolute atomic E-state index is 5.44. The monoisotopic (exact) mass is 198 g/mol. The molecule has 0 saturated carbocycles. The first kappa shape index (κ1) is 10.6. The average Bonchev–Trinajstić information content (AvgIpc) is 2.21. The molecule has 1 heterocycles. The molecule has 0 radical (unpaired) electrons. The van der Waals surface area contributed by atoms with Crippen molar-refractivity contribution in [3.63, 3.8) is 0 Å². The van der Waals surface area contributed by atoms with Crippen LogP contribution < -0.4 is 5.73 Å². The molecule has 0 atom stereocenters. The number of nitrogens with two attached hydrogens (primary N) is 1. The number of aliphatic imine (C=N–C) groups is 1. The van der Waals surface area contributed by atoms with E-state index in [-0.39, 0.29) is 0 Å². The first-order valence-corrected chi connectivity index (χ1v) is 6.04. The molecule has 3 heteroatoms. The third-order valence-corrected chi connectivity index (χ3v) is 3.31. The van der Waals surface area contributed by atoms with Gasteiger partial charge < -0.3 is 5.73 Å². The normalized spacial score (nSPS) is 21.2. The molecule has 1 fully saturated rings. The summed E-state index contributed by atoms with van der Waals surface area (Å²) >= 11 is 2.03. The molecule has 0 aromatic carbocycles. The van der Waals surface area contributed by atoms with Gasteiger partial charge in [-0.1, -0.05) is 6.92 Å². The third kappa shape index (κ3) is 3.85. The molecular weight excluding hydrogens is 180 g/mol. The predicted molar refractivity (Wildman–Crippen MR) is 61.4 cm³/mol. The van der Waals surface area contributed by atoms with Crippen molar-refractivity contribution in [2.45, 2.75) is 32.2 Å². The van der Waals surface area contributed by atoms with Crippen LogP contribution >= 0.6 is 11.8 Å². The molecule has 1 saturated heterocycles. The van der Waals surface area contributed by atoms with Gasteiger partial charge in [0, 0.05) is 6.21 Å². The molecule has 0 unspecified atom stereocenters. The van der Waals surface area contributed by atoms with E-state index >= 15 is 0 Å². The molecule has 2 N–H and O–H groups in total. The number of rotatable bonds is 3. The maximum Gasteiger partial charge on any atom is 0.0515 e. The van der Waals surface area contributed by atoms with Crippen LogP contribution in [0.25, 0.3) is 0 Å². The lowest BCUT2D eigenvalue weighted by Crippen LogP contribution is -2.13. The topological polar surface area (TPSA) is 38.4 Å². The lowest BCUT2D eigenvalue weighted by atomic mass is 10.1. The van der Waals surface area contributed by atoms with Crippen LogP contribution in [0.1, 0.15) is 26.2 Å². The summed E-state index contributed by atoms with van der Waals surface area (Å²) in [5, 5.41) is 0. The summed E-state index contributed by atoms with van der Waals surface area (Å²) in [4.78, 5) is 4.54. The van der Waals surface area contributed by atoms with Gasteiger partial charge in [-0.2, -0.15) is 11.8 Å². The van der Waals surface area contributed by atoms with Crippen LogP contribution in [0.2, 0.25) is 0 Å². The lowest BCUT2D eigenvalue weighted by Gasteiger charge is -2.16. The van der Waals surface area contributed by atoms with Crippen LogP contribution in [0.15, 0.2) is 16.8 Å². The molecule has 0 amide bonds. The van der Waals surface area contributed by atoms with Gasteiger partial charge in [0.15, 0.2) is 0 Å². The summed E-state index contributed by atoms with van der Waals surface area (Å²) in [6, 6.07) is 0.544. The van der Waals surface area contributed by atoms with E-state index in [1.165, 1.54) is 24.3 Å². The fraction of sp³-hybridized carbons (Fsp3) is 0.700. The highest BCUT2D eigenvalue weighted by atomic mass is 32.2. The van der Waals surface area contributed by atoms with E-state index in [4.69, 9.17) is 5.73 Å². The zero-order chi connectivity index (χ0) is 9.52. The Hall–Kier alpha value is -0.440. The predicted octanol–water partition coefficient (Wildman–Crippen LogP) is 2.21. The quantitative estimate of drug-likeness (QED) is 0.706. The standard InChI is InChI=1S/C10H18N2S/c1-2-9(7-11)8-12-10-3-5-13-6-4-10/h7-8,10H,2-6,11H2,1H3/b9-7-,12-8?. The molecule has 0 aromatic rings. The highest BCUT2D eigenvalue weighted by Crippen LogP contribution is 2.19. The smallest absolute Gasteiger partial charge is 0.0515 e. The summed E-state index contributed by atoms with van der Waals surface area (Å²) < 4.78 is 0. The Morgan fingerprint density at radius 3 is 2.77 bits per heavy atom. The second kappa shape index (κ2) is 6.08. The van der Waals surface area contributed by atoms with Crippen molar-refractivity contribution in [3.05, 3.63) is 11.8 Å².